The maximum absolute atomic E-state index is 11.9. The lowest BCUT2D eigenvalue weighted by atomic mass is 10.2. The highest BCUT2D eigenvalue weighted by Crippen LogP contribution is 2.16. The van der Waals surface area contributed by atoms with E-state index in [-0.39, 0.29) is 5.91 Å². The lowest BCUT2D eigenvalue weighted by Crippen LogP contribution is -2.17. The molecule has 0 aliphatic heterocycles. The molecule has 1 heterocycles. The zero-order valence-electron chi connectivity index (χ0n) is 10.5. The number of amides is 1. The van der Waals surface area contributed by atoms with Crippen LogP contribution in [-0.2, 0) is 0 Å². The van der Waals surface area contributed by atoms with Crippen LogP contribution in [0.25, 0.3) is 0 Å². The SMILES string of the molecule is Cc1nc(C)c(C(=O)NN=Cc2ccc(Br)cc2)s1. The molecule has 1 amide bonds. The van der Waals surface area contributed by atoms with Gasteiger partial charge in [-0.15, -0.1) is 11.3 Å². The molecule has 1 aromatic heterocycles. The Kier molecular flexibility index (Phi) is 4.44. The number of nitrogens with one attached hydrogen (secondary N) is 1. The van der Waals surface area contributed by atoms with Crippen LogP contribution < -0.4 is 5.43 Å². The number of hydrogen-bond donors (Lipinski definition) is 1. The van der Waals surface area contributed by atoms with E-state index in [0.717, 1.165) is 20.7 Å². The summed E-state index contributed by atoms with van der Waals surface area (Å²) in [6.07, 6.45) is 1.60. The maximum Gasteiger partial charge on any atom is 0.283 e. The standard InChI is InChI=1S/C13H12BrN3OS/c1-8-12(19-9(2)16-8)13(18)17-15-7-10-3-5-11(14)6-4-10/h3-7H,1-2H3,(H,17,18). The molecule has 2 aromatic rings. The van der Waals surface area contributed by atoms with Crippen LogP contribution in [0.3, 0.4) is 0 Å². The Labute approximate surface area is 123 Å². The molecule has 2 rings (SSSR count). The highest BCUT2D eigenvalue weighted by atomic mass is 79.9. The maximum atomic E-state index is 11.9. The average molecular weight is 338 g/mol. The second kappa shape index (κ2) is 6.08. The summed E-state index contributed by atoms with van der Waals surface area (Å²) >= 11 is 4.73. The summed E-state index contributed by atoms with van der Waals surface area (Å²) < 4.78 is 1.00. The van der Waals surface area contributed by atoms with Crippen molar-refractivity contribution < 1.29 is 4.79 Å². The van der Waals surface area contributed by atoms with Crippen LogP contribution in [0.1, 0.15) is 25.9 Å². The number of thiazole rings is 1. The van der Waals surface area contributed by atoms with Gasteiger partial charge in [0.15, 0.2) is 0 Å². The van der Waals surface area contributed by atoms with Gasteiger partial charge >= 0.3 is 0 Å². The Bertz CT molecular complexity index is 619. The summed E-state index contributed by atoms with van der Waals surface area (Å²) in [6, 6.07) is 7.64. The minimum absolute atomic E-state index is 0.225. The fraction of sp³-hybridized carbons (Fsp3) is 0.154. The Balaban J connectivity index is 2.00. The summed E-state index contributed by atoms with van der Waals surface area (Å²) in [5.74, 6) is -0.225. The summed E-state index contributed by atoms with van der Waals surface area (Å²) in [7, 11) is 0. The molecule has 0 saturated carbocycles. The van der Waals surface area contributed by atoms with Crippen LogP contribution in [-0.4, -0.2) is 17.1 Å². The number of halogens is 1. The lowest BCUT2D eigenvalue weighted by Gasteiger charge is -1.97. The Morgan fingerprint density at radius 3 is 2.63 bits per heavy atom. The van der Waals surface area contributed by atoms with Crippen LogP contribution in [0.4, 0.5) is 0 Å². The number of aryl methyl sites for hydroxylation is 2. The highest BCUT2D eigenvalue weighted by Gasteiger charge is 2.12. The molecule has 0 unspecified atom stereocenters. The van der Waals surface area contributed by atoms with Crippen molar-refractivity contribution in [1.82, 2.24) is 10.4 Å². The van der Waals surface area contributed by atoms with Gasteiger partial charge in [-0.25, -0.2) is 10.4 Å². The smallest absolute Gasteiger partial charge is 0.266 e. The number of nitrogens with zero attached hydrogens (tertiary/aromatic N) is 2. The molecule has 98 valence electrons. The number of carbonyl (C=O) groups is 1. The minimum atomic E-state index is -0.225. The van der Waals surface area contributed by atoms with Crippen molar-refractivity contribution >= 4 is 39.4 Å². The number of aromatic nitrogens is 1. The summed E-state index contributed by atoms with van der Waals surface area (Å²) in [5, 5.41) is 4.81. The van der Waals surface area contributed by atoms with Crippen LogP contribution in [0.15, 0.2) is 33.8 Å². The third-order valence-electron chi connectivity index (χ3n) is 2.36. The van der Waals surface area contributed by atoms with E-state index >= 15 is 0 Å². The van der Waals surface area contributed by atoms with Gasteiger partial charge in [0, 0.05) is 4.47 Å². The van der Waals surface area contributed by atoms with Crippen molar-refractivity contribution in [3.8, 4) is 0 Å². The van der Waals surface area contributed by atoms with E-state index in [1.165, 1.54) is 11.3 Å². The summed E-state index contributed by atoms with van der Waals surface area (Å²) in [6.45, 7) is 3.69. The first-order valence-corrected chi connectivity index (χ1v) is 7.20. The quantitative estimate of drug-likeness (QED) is 0.690. The molecule has 0 atom stereocenters. The molecule has 0 saturated heterocycles. The van der Waals surface area contributed by atoms with Gasteiger partial charge < -0.3 is 0 Å². The Morgan fingerprint density at radius 2 is 2.05 bits per heavy atom. The second-order valence-electron chi connectivity index (χ2n) is 3.90. The predicted molar refractivity (Wildman–Crippen MR) is 80.8 cm³/mol. The van der Waals surface area contributed by atoms with E-state index in [1.54, 1.807) is 6.21 Å². The predicted octanol–water partition coefficient (Wildman–Crippen LogP) is 3.29. The van der Waals surface area contributed by atoms with E-state index in [1.807, 2.05) is 38.1 Å². The zero-order valence-corrected chi connectivity index (χ0v) is 12.9. The minimum Gasteiger partial charge on any atom is -0.266 e. The van der Waals surface area contributed by atoms with Gasteiger partial charge in [0.1, 0.15) is 4.88 Å². The van der Waals surface area contributed by atoms with Crippen molar-refractivity contribution in [1.29, 1.82) is 0 Å². The molecule has 4 nitrogen and oxygen atoms in total. The fourth-order valence-electron chi connectivity index (χ4n) is 1.51. The van der Waals surface area contributed by atoms with E-state index in [9.17, 15) is 4.79 Å². The average Bonchev–Trinajstić information content (AvgIpc) is 2.71. The normalized spacial score (nSPS) is 10.9. The molecule has 0 spiro atoms. The number of hydrogen-bond acceptors (Lipinski definition) is 4. The second-order valence-corrected chi connectivity index (χ2v) is 6.02. The first kappa shape index (κ1) is 13.9. The first-order chi connectivity index (χ1) is 9.06. The van der Waals surface area contributed by atoms with Gasteiger partial charge in [0.05, 0.1) is 16.9 Å². The molecule has 19 heavy (non-hydrogen) atoms. The van der Waals surface area contributed by atoms with Crippen molar-refractivity contribution in [3.05, 3.63) is 49.9 Å². The number of hydrazone groups is 1. The third-order valence-corrected chi connectivity index (χ3v) is 3.96. The topological polar surface area (TPSA) is 54.4 Å². The molecule has 6 heteroatoms. The van der Waals surface area contributed by atoms with Gasteiger partial charge in [-0.3, -0.25) is 4.79 Å². The van der Waals surface area contributed by atoms with Gasteiger partial charge in [-0.1, -0.05) is 28.1 Å². The van der Waals surface area contributed by atoms with Crippen molar-refractivity contribution in [2.24, 2.45) is 5.10 Å². The van der Waals surface area contributed by atoms with E-state index in [2.05, 4.69) is 31.4 Å². The molecule has 0 bridgehead atoms. The van der Waals surface area contributed by atoms with E-state index in [4.69, 9.17) is 0 Å². The largest absolute Gasteiger partial charge is 0.283 e. The first-order valence-electron chi connectivity index (χ1n) is 5.59. The monoisotopic (exact) mass is 337 g/mol. The van der Waals surface area contributed by atoms with Crippen LogP contribution in [0, 0.1) is 13.8 Å². The van der Waals surface area contributed by atoms with Gasteiger partial charge in [0.2, 0.25) is 0 Å². The molecule has 0 aliphatic rings. The molecule has 0 radical (unpaired) electrons. The highest BCUT2D eigenvalue weighted by molar-refractivity contribution is 9.10. The molecule has 0 fully saturated rings. The molecular formula is C13H12BrN3OS. The summed E-state index contributed by atoms with van der Waals surface area (Å²) in [4.78, 5) is 16.7. The van der Waals surface area contributed by atoms with Gasteiger partial charge in [0.25, 0.3) is 5.91 Å². The van der Waals surface area contributed by atoms with E-state index < -0.39 is 0 Å². The van der Waals surface area contributed by atoms with Crippen LogP contribution in [0.2, 0.25) is 0 Å². The van der Waals surface area contributed by atoms with Gasteiger partial charge in [-0.2, -0.15) is 5.10 Å². The fourth-order valence-corrected chi connectivity index (χ4v) is 2.58. The third kappa shape index (κ3) is 3.71. The number of benzene rings is 1. The van der Waals surface area contributed by atoms with Crippen LogP contribution >= 0.6 is 27.3 Å². The number of rotatable bonds is 3. The zero-order chi connectivity index (χ0) is 13.8. The lowest BCUT2D eigenvalue weighted by molar-refractivity contribution is 0.0958. The van der Waals surface area contributed by atoms with Gasteiger partial charge in [-0.05, 0) is 31.5 Å². The number of carbonyl (C=O) groups excluding carboxylic acids is 1. The van der Waals surface area contributed by atoms with Crippen LogP contribution in [0.5, 0.6) is 0 Å². The van der Waals surface area contributed by atoms with Crippen molar-refractivity contribution in [2.45, 2.75) is 13.8 Å². The van der Waals surface area contributed by atoms with E-state index in [0.29, 0.717) is 4.88 Å². The van der Waals surface area contributed by atoms with Crippen molar-refractivity contribution in [3.63, 3.8) is 0 Å². The molecule has 1 aromatic carbocycles. The molecular weight excluding hydrogens is 326 g/mol. The Hall–Kier alpha value is -1.53. The van der Waals surface area contributed by atoms with Crippen molar-refractivity contribution in [2.75, 3.05) is 0 Å². The Morgan fingerprint density at radius 1 is 1.37 bits per heavy atom. The summed E-state index contributed by atoms with van der Waals surface area (Å²) in [5.41, 5.74) is 4.16. The molecule has 1 N–H and O–H groups in total. The molecule has 0 aliphatic carbocycles.